The average Bonchev–Trinajstić information content (AvgIpc) is 3.21. The first-order chi connectivity index (χ1) is 12.1. The SMILES string of the molecule is C/C(=N\NC(=O)C(O)(c1ccccc1)c1ccccc1)c1ccco1. The van der Waals surface area contributed by atoms with Gasteiger partial charge in [0.2, 0.25) is 0 Å². The van der Waals surface area contributed by atoms with Gasteiger partial charge in [-0.3, -0.25) is 4.79 Å². The van der Waals surface area contributed by atoms with E-state index in [1.54, 1.807) is 67.6 Å². The second-order valence-corrected chi connectivity index (χ2v) is 5.56. The zero-order chi connectivity index (χ0) is 17.7. The standard InChI is InChI=1S/C20H18N2O3/c1-15(18-13-8-14-25-18)21-22-19(23)20(24,16-9-4-2-5-10-16)17-11-6-3-7-12-17/h2-14,24H,1H3,(H,22,23)/b21-15+. The Kier molecular flexibility index (Phi) is 4.77. The lowest BCUT2D eigenvalue weighted by Gasteiger charge is -2.27. The Labute approximate surface area is 145 Å². The fourth-order valence-electron chi connectivity index (χ4n) is 2.54. The molecule has 25 heavy (non-hydrogen) atoms. The predicted octanol–water partition coefficient (Wildman–Crippen LogP) is 3.06. The molecule has 0 saturated heterocycles. The van der Waals surface area contributed by atoms with Crippen LogP contribution >= 0.6 is 0 Å². The molecule has 0 atom stereocenters. The van der Waals surface area contributed by atoms with Gasteiger partial charge in [-0.1, -0.05) is 60.7 Å². The number of hydrogen-bond acceptors (Lipinski definition) is 4. The van der Waals surface area contributed by atoms with Gasteiger partial charge in [0.05, 0.1) is 6.26 Å². The van der Waals surface area contributed by atoms with Gasteiger partial charge >= 0.3 is 0 Å². The van der Waals surface area contributed by atoms with E-state index < -0.39 is 11.5 Å². The summed E-state index contributed by atoms with van der Waals surface area (Å²) in [6, 6.07) is 21.0. The van der Waals surface area contributed by atoms with E-state index in [1.165, 1.54) is 6.26 Å². The van der Waals surface area contributed by atoms with E-state index in [4.69, 9.17) is 4.42 Å². The number of nitrogens with one attached hydrogen (secondary N) is 1. The van der Waals surface area contributed by atoms with Crippen LogP contribution in [-0.2, 0) is 10.4 Å². The smallest absolute Gasteiger partial charge is 0.281 e. The first kappa shape index (κ1) is 16.7. The van der Waals surface area contributed by atoms with Crippen molar-refractivity contribution in [1.29, 1.82) is 0 Å². The Morgan fingerprint density at radius 3 is 2.00 bits per heavy atom. The van der Waals surface area contributed by atoms with Crippen LogP contribution in [0.25, 0.3) is 0 Å². The lowest BCUT2D eigenvalue weighted by Crippen LogP contribution is -2.43. The Morgan fingerprint density at radius 1 is 0.960 bits per heavy atom. The summed E-state index contributed by atoms with van der Waals surface area (Å²) in [4.78, 5) is 12.8. The van der Waals surface area contributed by atoms with Crippen molar-refractivity contribution in [2.45, 2.75) is 12.5 Å². The summed E-state index contributed by atoms with van der Waals surface area (Å²) >= 11 is 0. The molecular formula is C20H18N2O3. The number of carbonyl (C=O) groups is 1. The summed E-state index contributed by atoms with van der Waals surface area (Å²) in [5.74, 6) is -0.0981. The Morgan fingerprint density at radius 2 is 1.52 bits per heavy atom. The van der Waals surface area contributed by atoms with Crippen molar-refractivity contribution in [2.75, 3.05) is 0 Å². The van der Waals surface area contributed by atoms with Gasteiger partial charge in [-0.25, -0.2) is 5.43 Å². The molecule has 3 aromatic rings. The van der Waals surface area contributed by atoms with Crippen LogP contribution in [0.2, 0.25) is 0 Å². The van der Waals surface area contributed by atoms with Gasteiger partial charge < -0.3 is 9.52 Å². The number of hydrazone groups is 1. The molecule has 0 aliphatic carbocycles. The molecule has 0 saturated carbocycles. The zero-order valence-electron chi connectivity index (χ0n) is 13.7. The molecule has 2 aromatic carbocycles. The van der Waals surface area contributed by atoms with Crippen molar-refractivity contribution in [3.8, 4) is 0 Å². The van der Waals surface area contributed by atoms with E-state index in [-0.39, 0.29) is 0 Å². The number of benzene rings is 2. The third-order valence-corrected chi connectivity index (χ3v) is 3.91. The highest BCUT2D eigenvalue weighted by Crippen LogP contribution is 2.29. The van der Waals surface area contributed by atoms with Crippen LogP contribution in [0.1, 0.15) is 23.8 Å². The highest BCUT2D eigenvalue weighted by atomic mass is 16.3. The number of furan rings is 1. The van der Waals surface area contributed by atoms with E-state index in [9.17, 15) is 9.90 Å². The van der Waals surface area contributed by atoms with Crippen molar-refractivity contribution in [2.24, 2.45) is 5.10 Å². The normalized spacial score (nSPS) is 12.0. The molecule has 0 bridgehead atoms. The zero-order valence-corrected chi connectivity index (χ0v) is 13.7. The van der Waals surface area contributed by atoms with Crippen LogP contribution in [0, 0.1) is 0 Å². The number of rotatable bonds is 5. The highest BCUT2D eigenvalue weighted by molar-refractivity contribution is 5.98. The van der Waals surface area contributed by atoms with E-state index >= 15 is 0 Å². The molecule has 0 fully saturated rings. The van der Waals surface area contributed by atoms with Crippen LogP contribution in [0.5, 0.6) is 0 Å². The first-order valence-electron chi connectivity index (χ1n) is 7.84. The van der Waals surface area contributed by atoms with Crippen LogP contribution in [0.15, 0.2) is 88.6 Å². The molecule has 0 unspecified atom stereocenters. The lowest BCUT2D eigenvalue weighted by molar-refractivity contribution is -0.136. The summed E-state index contributed by atoms with van der Waals surface area (Å²) in [5, 5.41) is 15.3. The van der Waals surface area contributed by atoms with Gasteiger partial charge in [0.1, 0.15) is 11.5 Å². The molecule has 2 N–H and O–H groups in total. The maximum Gasteiger partial charge on any atom is 0.281 e. The summed E-state index contributed by atoms with van der Waals surface area (Å²) in [7, 11) is 0. The first-order valence-corrected chi connectivity index (χ1v) is 7.84. The summed E-state index contributed by atoms with van der Waals surface area (Å²) in [6.45, 7) is 1.71. The van der Waals surface area contributed by atoms with Gasteiger partial charge in [-0.15, -0.1) is 0 Å². The largest absolute Gasteiger partial charge is 0.463 e. The molecule has 1 heterocycles. The van der Waals surface area contributed by atoms with Crippen LogP contribution in [-0.4, -0.2) is 16.7 Å². The van der Waals surface area contributed by atoms with Crippen molar-refractivity contribution < 1.29 is 14.3 Å². The highest BCUT2D eigenvalue weighted by Gasteiger charge is 2.39. The van der Waals surface area contributed by atoms with Crippen LogP contribution < -0.4 is 5.43 Å². The fraction of sp³-hybridized carbons (Fsp3) is 0.100. The van der Waals surface area contributed by atoms with Crippen LogP contribution in [0.4, 0.5) is 0 Å². The van der Waals surface area contributed by atoms with Gasteiger partial charge in [-0.2, -0.15) is 5.10 Å². The van der Waals surface area contributed by atoms with E-state index in [0.29, 0.717) is 22.6 Å². The van der Waals surface area contributed by atoms with Crippen molar-refractivity contribution in [3.05, 3.63) is 95.9 Å². The average molecular weight is 334 g/mol. The molecule has 5 heteroatoms. The van der Waals surface area contributed by atoms with Gasteiger partial charge in [0.25, 0.3) is 5.91 Å². The molecule has 0 aliphatic rings. The molecule has 1 aromatic heterocycles. The third-order valence-electron chi connectivity index (χ3n) is 3.91. The summed E-state index contributed by atoms with van der Waals surface area (Å²) in [5.41, 5.74) is 2.02. The Bertz CT molecular complexity index is 817. The maximum atomic E-state index is 12.8. The summed E-state index contributed by atoms with van der Waals surface area (Å²) in [6.07, 6.45) is 1.53. The minimum absolute atomic E-state index is 0.463. The van der Waals surface area contributed by atoms with Crippen LogP contribution in [0.3, 0.4) is 0 Å². The molecule has 126 valence electrons. The molecule has 3 rings (SSSR count). The predicted molar refractivity (Wildman–Crippen MR) is 94.9 cm³/mol. The second kappa shape index (κ2) is 7.15. The van der Waals surface area contributed by atoms with E-state index in [1.807, 2.05) is 12.1 Å². The molecule has 0 radical (unpaired) electrons. The fourth-order valence-corrected chi connectivity index (χ4v) is 2.54. The Balaban J connectivity index is 1.95. The molecule has 0 aliphatic heterocycles. The number of nitrogens with zero attached hydrogens (tertiary/aromatic N) is 1. The van der Waals surface area contributed by atoms with Gasteiger partial charge in [-0.05, 0) is 30.2 Å². The Hall–Kier alpha value is -3.18. The minimum Gasteiger partial charge on any atom is -0.463 e. The number of amides is 1. The number of hydrogen-bond donors (Lipinski definition) is 2. The van der Waals surface area contributed by atoms with Crippen molar-refractivity contribution >= 4 is 11.6 Å². The minimum atomic E-state index is -1.85. The molecular weight excluding hydrogens is 316 g/mol. The van der Waals surface area contributed by atoms with E-state index in [2.05, 4.69) is 10.5 Å². The van der Waals surface area contributed by atoms with Crippen molar-refractivity contribution in [3.63, 3.8) is 0 Å². The molecule has 5 nitrogen and oxygen atoms in total. The van der Waals surface area contributed by atoms with Gasteiger partial charge in [0, 0.05) is 0 Å². The topological polar surface area (TPSA) is 74.8 Å². The third kappa shape index (κ3) is 3.36. The monoisotopic (exact) mass is 334 g/mol. The molecule has 1 amide bonds. The lowest BCUT2D eigenvalue weighted by atomic mass is 9.85. The number of carbonyl (C=O) groups excluding carboxylic acids is 1. The maximum absolute atomic E-state index is 12.8. The molecule has 0 spiro atoms. The van der Waals surface area contributed by atoms with Crippen molar-refractivity contribution in [1.82, 2.24) is 5.43 Å². The quantitative estimate of drug-likeness (QED) is 0.556. The summed E-state index contributed by atoms with van der Waals surface area (Å²) < 4.78 is 5.24. The number of aliphatic hydroxyl groups is 1. The van der Waals surface area contributed by atoms with Gasteiger partial charge in [0.15, 0.2) is 5.60 Å². The van der Waals surface area contributed by atoms with E-state index in [0.717, 1.165) is 0 Å². The second-order valence-electron chi connectivity index (χ2n) is 5.56.